The van der Waals surface area contributed by atoms with Crippen molar-refractivity contribution in [2.45, 2.75) is 38.8 Å². The quantitative estimate of drug-likeness (QED) is 0.911. The van der Waals surface area contributed by atoms with E-state index in [1.807, 2.05) is 30.3 Å². The molecule has 0 saturated carbocycles. The van der Waals surface area contributed by atoms with Gasteiger partial charge in [0.2, 0.25) is 5.89 Å². The van der Waals surface area contributed by atoms with Crippen LogP contribution in [-0.2, 0) is 6.54 Å². The smallest absolute Gasteiger partial charge is 0.271 e. The van der Waals surface area contributed by atoms with Gasteiger partial charge in [-0.2, -0.15) is 0 Å². The Hall–Kier alpha value is -1.68. The Morgan fingerprint density at radius 1 is 1.21 bits per heavy atom. The van der Waals surface area contributed by atoms with Crippen LogP contribution < -0.4 is 4.90 Å². The van der Waals surface area contributed by atoms with Crippen LogP contribution in [0.1, 0.15) is 32.1 Å². The lowest BCUT2D eigenvalue weighted by Crippen LogP contribution is -3.14. The maximum atomic E-state index is 5.78. The fourth-order valence-electron chi connectivity index (χ4n) is 2.73. The average molecular weight is 258 g/mol. The van der Waals surface area contributed by atoms with E-state index in [0.717, 1.165) is 18.0 Å². The van der Waals surface area contributed by atoms with Crippen molar-refractivity contribution >= 4 is 0 Å². The number of hydrogen-bond acceptors (Lipinski definition) is 3. The molecule has 1 saturated heterocycles. The van der Waals surface area contributed by atoms with Gasteiger partial charge in [0, 0.05) is 5.56 Å². The molecule has 1 aliphatic rings. The molecule has 1 fully saturated rings. The van der Waals surface area contributed by atoms with Crippen LogP contribution in [0.15, 0.2) is 34.7 Å². The number of aromatic nitrogens is 2. The zero-order chi connectivity index (χ0) is 13.1. The van der Waals surface area contributed by atoms with Gasteiger partial charge in [-0.25, -0.2) is 0 Å². The molecule has 0 spiro atoms. The number of piperidine rings is 1. The van der Waals surface area contributed by atoms with E-state index in [-0.39, 0.29) is 0 Å². The van der Waals surface area contributed by atoms with Crippen molar-refractivity contribution in [2.24, 2.45) is 0 Å². The number of nitrogens with one attached hydrogen (secondary N) is 1. The topological polar surface area (TPSA) is 43.4 Å². The highest BCUT2D eigenvalue weighted by molar-refractivity contribution is 5.51. The molecular weight excluding hydrogens is 238 g/mol. The maximum Gasteiger partial charge on any atom is 0.271 e. The molecule has 2 atom stereocenters. The molecule has 0 radical (unpaired) electrons. The zero-order valence-electron chi connectivity index (χ0n) is 11.3. The molecule has 0 bridgehead atoms. The third-order valence-electron chi connectivity index (χ3n) is 3.95. The fourth-order valence-corrected chi connectivity index (χ4v) is 2.73. The van der Waals surface area contributed by atoms with Gasteiger partial charge in [0.05, 0.1) is 12.6 Å². The van der Waals surface area contributed by atoms with Crippen molar-refractivity contribution in [3.8, 4) is 11.5 Å². The molecule has 4 nitrogen and oxygen atoms in total. The van der Waals surface area contributed by atoms with Crippen molar-refractivity contribution in [1.29, 1.82) is 0 Å². The van der Waals surface area contributed by atoms with Crippen molar-refractivity contribution < 1.29 is 9.32 Å². The van der Waals surface area contributed by atoms with Crippen LogP contribution >= 0.6 is 0 Å². The van der Waals surface area contributed by atoms with E-state index < -0.39 is 0 Å². The van der Waals surface area contributed by atoms with Gasteiger partial charge < -0.3 is 9.32 Å². The lowest BCUT2D eigenvalue weighted by atomic mass is 10.0. The summed E-state index contributed by atoms with van der Waals surface area (Å²) in [6.07, 6.45) is 3.96. The molecule has 2 heterocycles. The molecule has 1 aromatic heterocycles. The van der Waals surface area contributed by atoms with Crippen LogP contribution in [0, 0.1) is 0 Å². The van der Waals surface area contributed by atoms with Crippen molar-refractivity contribution in [3.63, 3.8) is 0 Å². The van der Waals surface area contributed by atoms with E-state index in [1.165, 1.54) is 25.8 Å². The highest BCUT2D eigenvalue weighted by Gasteiger charge is 2.24. The van der Waals surface area contributed by atoms with Gasteiger partial charge in [0.15, 0.2) is 6.54 Å². The van der Waals surface area contributed by atoms with E-state index in [0.29, 0.717) is 11.9 Å². The molecule has 0 aliphatic carbocycles. The van der Waals surface area contributed by atoms with Crippen LogP contribution in [-0.4, -0.2) is 22.8 Å². The first-order valence-electron chi connectivity index (χ1n) is 7.05. The predicted octanol–water partition coefficient (Wildman–Crippen LogP) is 1.69. The summed E-state index contributed by atoms with van der Waals surface area (Å²) < 4.78 is 5.78. The SMILES string of the molecule is C[C@H]1CCCC[NH+]1Cc1nnc(-c2ccccc2)o1. The van der Waals surface area contributed by atoms with Crippen molar-refractivity contribution in [2.75, 3.05) is 6.54 Å². The second kappa shape index (κ2) is 5.53. The highest BCUT2D eigenvalue weighted by atomic mass is 16.4. The summed E-state index contributed by atoms with van der Waals surface area (Å²) in [6.45, 7) is 4.37. The van der Waals surface area contributed by atoms with Crippen LogP contribution in [0.5, 0.6) is 0 Å². The Morgan fingerprint density at radius 3 is 2.84 bits per heavy atom. The van der Waals surface area contributed by atoms with E-state index in [9.17, 15) is 0 Å². The van der Waals surface area contributed by atoms with E-state index >= 15 is 0 Å². The van der Waals surface area contributed by atoms with Crippen LogP contribution in [0.3, 0.4) is 0 Å². The minimum Gasteiger partial charge on any atom is -0.415 e. The monoisotopic (exact) mass is 258 g/mol. The van der Waals surface area contributed by atoms with Gasteiger partial charge in [-0.05, 0) is 38.3 Å². The maximum absolute atomic E-state index is 5.78. The summed E-state index contributed by atoms with van der Waals surface area (Å²) >= 11 is 0. The summed E-state index contributed by atoms with van der Waals surface area (Å²) in [5, 5.41) is 8.33. The molecule has 1 aliphatic heterocycles. The van der Waals surface area contributed by atoms with Gasteiger partial charge in [-0.1, -0.05) is 18.2 Å². The Morgan fingerprint density at radius 2 is 2.05 bits per heavy atom. The van der Waals surface area contributed by atoms with Gasteiger partial charge in [0.1, 0.15) is 0 Å². The second-order valence-corrected chi connectivity index (χ2v) is 5.35. The molecule has 100 valence electrons. The van der Waals surface area contributed by atoms with Gasteiger partial charge in [-0.3, -0.25) is 0 Å². The predicted molar refractivity (Wildman–Crippen MR) is 72.6 cm³/mol. The molecule has 19 heavy (non-hydrogen) atoms. The number of hydrogen-bond donors (Lipinski definition) is 1. The molecule has 3 rings (SSSR count). The Balaban J connectivity index is 1.71. The molecule has 4 heteroatoms. The summed E-state index contributed by atoms with van der Waals surface area (Å²) in [5.41, 5.74) is 0.989. The average Bonchev–Trinajstić information content (AvgIpc) is 2.91. The first kappa shape index (κ1) is 12.4. The largest absolute Gasteiger partial charge is 0.415 e. The fraction of sp³-hybridized carbons (Fsp3) is 0.467. The Kier molecular flexibility index (Phi) is 3.60. The highest BCUT2D eigenvalue weighted by Crippen LogP contribution is 2.16. The summed E-state index contributed by atoms with van der Waals surface area (Å²) in [6, 6.07) is 10.6. The molecule has 2 aromatic rings. The Bertz CT molecular complexity index is 523. The molecule has 1 unspecified atom stereocenters. The molecule has 1 aromatic carbocycles. The number of benzene rings is 1. The number of quaternary nitrogens is 1. The van der Waals surface area contributed by atoms with Gasteiger partial charge in [-0.15, -0.1) is 10.2 Å². The van der Waals surface area contributed by atoms with E-state index in [2.05, 4.69) is 17.1 Å². The molecular formula is C15H20N3O+. The van der Waals surface area contributed by atoms with Crippen LogP contribution in [0.2, 0.25) is 0 Å². The lowest BCUT2D eigenvalue weighted by Gasteiger charge is -2.28. The first-order valence-corrected chi connectivity index (χ1v) is 7.05. The standard InChI is InChI=1S/C15H19N3O/c1-12-7-5-6-10-18(12)11-14-16-17-15(19-14)13-8-3-2-4-9-13/h2-4,8-9,12H,5-7,10-11H2,1H3/p+1/t12-/m0/s1. The zero-order valence-corrected chi connectivity index (χ0v) is 11.3. The Labute approximate surface area is 113 Å². The second-order valence-electron chi connectivity index (χ2n) is 5.35. The van der Waals surface area contributed by atoms with Crippen LogP contribution in [0.25, 0.3) is 11.5 Å². The lowest BCUT2D eigenvalue weighted by molar-refractivity contribution is -0.943. The minimum absolute atomic E-state index is 0.625. The summed E-state index contributed by atoms with van der Waals surface area (Å²) in [5.74, 6) is 1.38. The minimum atomic E-state index is 0.625. The van der Waals surface area contributed by atoms with Gasteiger partial charge in [0.25, 0.3) is 5.89 Å². The molecule has 1 N–H and O–H groups in total. The first-order chi connectivity index (χ1) is 9.33. The summed E-state index contributed by atoms with van der Waals surface area (Å²) in [7, 11) is 0. The van der Waals surface area contributed by atoms with E-state index in [4.69, 9.17) is 4.42 Å². The third-order valence-corrected chi connectivity index (χ3v) is 3.95. The van der Waals surface area contributed by atoms with Gasteiger partial charge >= 0.3 is 0 Å². The van der Waals surface area contributed by atoms with E-state index in [1.54, 1.807) is 4.90 Å². The number of likely N-dealkylation sites (tertiary alicyclic amines) is 1. The third kappa shape index (κ3) is 2.84. The molecule has 0 amide bonds. The number of rotatable bonds is 3. The van der Waals surface area contributed by atoms with Crippen molar-refractivity contribution in [1.82, 2.24) is 10.2 Å². The summed E-state index contributed by atoms with van der Waals surface area (Å²) in [4.78, 5) is 1.56. The van der Waals surface area contributed by atoms with Crippen molar-refractivity contribution in [3.05, 3.63) is 36.2 Å². The normalized spacial score (nSPS) is 23.4. The number of nitrogens with zero attached hydrogens (tertiary/aromatic N) is 2. The van der Waals surface area contributed by atoms with Crippen LogP contribution in [0.4, 0.5) is 0 Å².